The number of Topliss-reactive ketones (excluding diaryl/α,β-unsaturated/α-hetero) is 1. The zero-order chi connectivity index (χ0) is 25.9. The number of amides is 1. The fourth-order valence-corrected chi connectivity index (χ4v) is 5.77. The van der Waals surface area contributed by atoms with E-state index in [-0.39, 0.29) is 17.6 Å². The SMILES string of the molecule is CCC(=O)N1c2ccccc2NC2=C(C(=O)CC(c3ccccc3)C2)C1c1ccc(N(CC)CC)cc1. The zero-order valence-corrected chi connectivity index (χ0v) is 21.9. The van der Waals surface area contributed by atoms with E-state index in [9.17, 15) is 9.59 Å². The lowest BCUT2D eigenvalue weighted by molar-refractivity contribution is -0.119. The Morgan fingerprint density at radius 1 is 0.865 bits per heavy atom. The van der Waals surface area contributed by atoms with Gasteiger partial charge in [-0.05, 0) is 61.6 Å². The number of hydrogen-bond acceptors (Lipinski definition) is 4. The van der Waals surface area contributed by atoms with Gasteiger partial charge in [-0.25, -0.2) is 0 Å². The number of carbonyl (C=O) groups excluding carboxylic acids is 2. The van der Waals surface area contributed by atoms with E-state index in [4.69, 9.17) is 0 Å². The normalized spacial score (nSPS) is 19.0. The fourth-order valence-electron chi connectivity index (χ4n) is 5.77. The minimum absolute atomic E-state index is 0.00111. The predicted molar refractivity (Wildman–Crippen MR) is 151 cm³/mol. The first-order chi connectivity index (χ1) is 18.0. The molecule has 0 fully saturated rings. The summed E-state index contributed by atoms with van der Waals surface area (Å²) in [5.41, 5.74) is 6.56. The van der Waals surface area contributed by atoms with Gasteiger partial charge in [0.15, 0.2) is 5.78 Å². The van der Waals surface area contributed by atoms with Crippen LogP contribution >= 0.6 is 0 Å². The number of allylic oxidation sites excluding steroid dienone is 1. The van der Waals surface area contributed by atoms with Crippen molar-refractivity contribution < 1.29 is 9.59 Å². The van der Waals surface area contributed by atoms with E-state index in [0.29, 0.717) is 18.4 Å². The van der Waals surface area contributed by atoms with E-state index >= 15 is 0 Å². The van der Waals surface area contributed by atoms with Crippen molar-refractivity contribution in [2.24, 2.45) is 0 Å². The van der Waals surface area contributed by atoms with Gasteiger partial charge in [-0.15, -0.1) is 0 Å². The molecule has 0 bridgehead atoms. The van der Waals surface area contributed by atoms with Crippen LogP contribution in [0.1, 0.15) is 63.1 Å². The second-order valence-corrected chi connectivity index (χ2v) is 9.76. The second kappa shape index (κ2) is 10.6. The van der Waals surface area contributed by atoms with Gasteiger partial charge in [-0.3, -0.25) is 14.5 Å². The van der Waals surface area contributed by atoms with E-state index in [1.807, 2.05) is 54.3 Å². The van der Waals surface area contributed by atoms with Gasteiger partial charge in [-0.2, -0.15) is 0 Å². The minimum atomic E-state index is -0.478. The average Bonchev–Trinajstić information content (AvgIpc) is 3.09. The molecule has 0 aromatic heterocycles. The topological polar surface area (TPSA) is 52.7 Å². The molecule has 2 unspecified atom stereocenters. The average molecular weight is 494 g/mol. The van der Waals surface area contributed by atoms with Crippen LogP contribution in [0.25, 0.3) is 0 Å². The van der Waals surface area contributed by atoms with Crippen LogP contribution in [-0.4, -0.2) is 24.8 Å². The summed E-state index contributed by atoms with van der Waals surface area (Å²) in [6, 6.07) is 26.1. The van der Waals surface area contributed by atoms with E-state index in [1.54, 1.807) is 0 Å². The highest BCUT2D eigenvalue weighted by Gasteiger charge is 2.41. The highest BCUT2D eigenvalue weighted by Crippen LogP contribution is 2.47. The molecule has 2 atom stereocenters. The first-order valence-electron chi connectivity index (χ1n) is 13.4. The number of nitrogens with zero attached hydrogens (tertiary/aromatic N) is 2. The monoisotopic (exact) mass is 493 g/mol. The van der Waals surface area contributed by atoms with Gasteiger partial charge in [0, 0.05) is 42.9 Å². The van der Waals surface area contributed by atoms with Crippen molar-refractivity contribution in [2.45, 2.75) is 52.0 Å². The number of benzene rings is 3. The smallest absolute Gasteiger partial charge is 0.227 e. The summed E-state index contributed by atoms with van der Waals surface area (Å²) in [5, 5.41) is 3.60. The maximum Gasteiger partial charge on any atom is 0.227 e. The Morgan fingerprint density at radius 2 is 1.54 bits per heavy atom. The van der Waals surface area contributed by atoms with Crippen molar-refractivity contribution in [3.63, 3.8) is 0 Å². The summed E-state index contributed by atoms with van der Waals surface area (Å²) in [5.74, 6) is 0.201. The number of rotatable bonds is 6. The molecule has 190 valence electrons. The Morgan fingerprint density at radius 3 is 2.22 bits per heavy atom. The van der Waals surface area contributed by atoms with Gasteiger partial charge in [0.1, 0.15) is 0 Å². The largest absolute Gasteiger partial charge is 0.372 e. The number of nitrogens with one attached hydrogen (secondary N) is 1. The first kappa shape index (κ1) is 24.8. The molecule has 0 radical (unpaired) electrons. The molecule has 1 heterocycles. The Kier molecular flexibility index (Phi) is 7.13. The molecule has 3 aromatic carbocycles. The number of hydrogen-bond donors (Lipinski definition) is 1. The van der Waals surface area contributed by atoms with Crippen molar-refractivity contribution >= 4 is 28.8 Å². The Bertz CT molecular complexity index is 1310. The van der Waals surface area contributed by atoms with Crippen LogP contribution in [0.15, 0.2) is 90.1 Å². The van der Waals surface area contributed by atoms with Crippen molar-refractivity contribution in [3.05, 3.63) is 101 Å². The molecule has 1 aliphatic carbocycles. The van der Waals surface area contributed by atoms with Crippen molar-refractivity contribution in [3.8, 4) is 0 Å². The number of carbonyl (C=O) groups is 2. The third-order valence-electron chi connectivity index (χ3n) is 7.67. The van der Waals surface area contributed by atoms with Crippen LogP contribution in [0, 0.1) is 0 Å². The molecule has 1 N–H and O–H groups in total. The standard InChI is InChI=1S/C32H35N3O2/c1-4-30(37)35-28-15-11-10-14-26(28)33-27-20-24(22-12-8-7-9-13-22)21-29(36)31(27)32(35)23-16-18-25(19-17-23)34(5-2)6-3/h7-19,24,32-33H,4-6,20-21H2,1-3H3. The molecule has 1 aliphatic heterocycles. The van der Waals surface area contributed by atoms with Gasteiger partial charge in [0.25, 0.3) is 0 Å². The summed E-state index contributed by atoms with van der Waals surface area (Å²) in [7, 11) is 0. The number of anilines is 3. The third-order valence-corrected chi connectivity index (χ3v) is 7.67. The van der Waals surface area contributed by atoms with Crippen molar-refractivity contribution in [1.29, 1.82) is 0 Å². The highest BCUT2D eigenvalue weighted by molar-refractivity contribution is 6.06. The van der Waals surface area contributed by atoms with E-state index in [1.165, 1.54) is 5.56 Å². The summed E-state index contributed by atoms with van der Waals surface area (Å²) in [6.45, 7) is 8.02. The van der Waals surface area contributed by atoms with Crippen molar-refractivity contribution in [1.82, 2.24) is 0 Å². The van der Waals surface area contributed by atoms with E-state index in [0.717, 1.165) is 47.8 Å². The Hall–Kier alpha value is -3.86. The summed E-state index contributed by atoms with van der Waals surface area (Å²) < 4.78 is 0. The van der Waals surface area contributed by atoms with Crippen LogP contribution in [0.3, 0.4) is 0 Å². The molecule has 5 heteroatoms. The third kappa shape index (κ3) is 4.66. The first-order valence-corrected chi connectivity index (χ1v) is 13.4. The lowest BCUT2D eigenvalue weighted by atomic mass is 9.78. The fraction of sp³-hybridized carbons (Fsp3) is 0.312. The van der Waals surface area contributed by atoms with E-state index in [2.05, 4.69) is 60.5 Å². The van der Waals surface area contributed by atoms with Crippen molar-refractivity contribution in [2.75, 3.05) is 28.2 Å². The maximum absolute atomic E-state index is 14.0. The summed E-state index contributed by atoms with van der Waals surface area (Å²) >= 11 is 0. The van der Waals surface area contributed by atoms with Gasteiger partial charge < -0.3 is 10.2 Å². The van der Waals surface area contributed by atoms with Gasteiger partial charge in [0.2, 0.25) is 5.91 Å². The summed E-state index contributed by atoms with van der Waals surface area (Å²) in [4.78, 5) is 31.7. The predicted octanol–water partition coefficient (Wildman–Crippen LogP) is 6.84. The maximum atomic E-state index is 14.0. The van der Waals surface area contributed by atoms with E-state index < -0.39 is 6.04 Å². The number of fused-ring (bicyclic) bond motifs is 1. The molecular weight excluding hydrogens is 458 g/mol. The number of para-hydroxylation sites is 2. The summed E-state index contributed by atoms with van der Waals surface area (Å²) in [6.07, 6.45) is 1.51. The quantitative estimate of drug-likeness (QED) is 0.408. The highest BCUT2D eigenvalue weighted by atomic mass is 16.2. The lowest BCUT2D eigenvalue weighted by Gasteiger charge is -2.35. The molecule has 0 saturated carbocycles. The molecule has 5 nitrogen and oxygen atoms in total. The molecule has 5 rings (SSSR count). The van der Waals surface area contributed by atoms with Gasteiger partial charge in [-0.1, -0.05) is 61.5 Å². The number of ketones is 1. The molecular formula is C32H35N3O2. The van der Waals surface area contributed by atoms with Crippen LogP contribution in [0.4, 0.5) is 17.1 Å². The minimum Gasteiger partial charge on any atom is -0.372 e. The lowest BCUT2D eigenvalue weighted by Crippen LogP contribution is -2.38. The van der Waals surface area contributed by atoms with Crippen LogP contribution in [0.5, 0.6) is 0 Å². The van der Waals surface area contributed by atoms with Crippen LogP contribution in [0.2, 0.25) is 0 Å². The second-order valence-electron chi connectivity index (χ2n) is 9.76. The Labute approximate surface area is 219 Å². The van der Waals surface area contributed by atoms with Gasteiger partial charge in [0.05, 0.1) is 17.4 Å². The molecule has 2 aliphatic rings. The molecule has 37 heavy (non-hydrogen) atoms. The van der Waals surface area contributed by atoms with Gasteiger partial charge >= 0.3 is 0 Å². The molecule has 0 saturated heterocycles. The van der Waals surface area contributed by atoms with Crippen LogP contribution in [-0.2, 0) is 9.59 Å². The molecule has 0 spiro atoms. The Balaban J connectivity index is 1.67. The zero-order valence-electron chi connectivity index (χ0n) is 21.9. The molecule has 3 aromatic rings. The van der Waals surface area contributed by atoms with Crippen LogP contribution < -0.4 is 15.1 Å². The molecule has 1 amide bonds.